The molecule has 8 heavy (non-hydrogen) atoms. The predicted molar refractivity (Wildman–Crippen MR) is 24.6 cm³/mol. The highest BCUT2D eigenvalue weighted by Gasteiger charge is 1.97. The summed E-state index contributed by atoms with van der Waals surface area (Å²) in [5.74, 6) is 4.84. The Kier molecular flexibility index (Phi) is 2.82. The van der Waals surface area contributed by atoms with E-state index in [1.54, 1.807) is 6.92 Å². The zero-order valence-electron chi connectivity index (χ0n) is 4.40. The molecule has 0 saturated carbocycles. The third kappa shape index (κ3) is 3.32. The van der Waals surface area contributed by atoms with Gasteiger partial charge >= 0.3 is 5.09 Å². The summed E-state index contributed by atoms with van der Waals surface area (Å²) in [7, 11) is 0. The van der Waals surface area contributed by atoms with Gasteiger partial charge < -0.3 is 0 Å². The molecule has 0 unspecified atom stereocenters. The van der Waals surface area contributed by atoms with E-state index in [1.165, 1.54) is 0 Å². The fraction of sp³-hybridized carbons (Fsp3) is 1.00. The second-order valence-electron chi connectivity index (χ2n) is 1.04. The Hall–Kier alpha value is -0.880. The molecule has 0 aliphatic heterocycles. The van der Waals surface area contributed by atoms with E-state index in [0.717, 1.165) is 0 Å². The summed E-state index contributed by atoms with van der Waals surface area (Å²) < 4.78 is 0. The first-order valence-electron chi connectivity index (χ1n) is 2.01. The van der Waals surface area contributed by atoms with Crippen molar-refractivity contribution in [1.29, 1.82) is 0 Å². The molecule has 6 heteroatoms. The van der Waals surface area contributed by atoms with Gasteiger partial charge in [0.1, 0.15) is 0 Å². The number of hydrogen-bond acceptors (Lipinski definition) is 5. The lowest BCUT2D eigenvalue weighted by Gasteiger charge is -2.06. The van der Waals surface area contributed by atoms with Gasteiger partial charge in [-0.3, -0.25) is 0 Å². The van der Waals surface area contributed by atoms with Crippen LogP contribution in [0.2, 0.25) is 0 Å². The number of nitrogens with two attached hydrogens (primary N) is 1. The van der Waals surface area contributed by atoms with E-state index < -0.39 is 5.09 Å². The molecule has 0 aromatic rings. The minimum absolute atomic E-state index is 0.279. The standard InChI is InChI=1S/C2H7N3O3/c1-2-4(3)8-5(6)7/h2-3H2,1H3. The van der Waals surface area contributed by atoms with Crippen molar-refractivity contribution >= 4 is 0 Å². The van der Waals surface area contributed by atoms with Crippen LogP contribution in [0.25, 0.3) is 0 Å². The molecule has 0 amide bonds. The van der Waals surface area contributed by atoms with Gasteiger partial charge in [-0.15, -0.1) is 10.1 Å². The fourth-order valence-corrected chi connectivity index (χ4v) is 0.143. The van der Waals surface area contributed by atoms with E-state index in [9.17, 15) is 10.1 Å². The van der Waals surface area contributed by atoms with Crippen molar-refractivity contribution in [3.8, 4) is 0 Å². The van der Waals surface area contributed by atoms with E-state index in [4.69, 9.17) is 5.84 Å². The summed E-state index contributed by atoms with van der Waals surface area (Å²) >= 11 is 0. The van der Waals surface area contributed by atoms with Gasteiger partial charge in [-0.1, -0.05) is 5.17 Å². The highest BCUT2D eigenvalue weighted by Crippen LogP contribution is 1.77. The van der Waals surface area contributed by atoms with Gasteiger partial charge in [0.25, 0.3) is 0 Å². The van der Waals surface area contributed by atoms with Crippen LogP contribution in [0, 0.1) is 10.1 Å². The highest BCUT2D eigenvalue weighted by molar-refractivity contribution is 4.12. The average molecular weight is 121 g/mol. The zero-order valence-corrected chi connectivity index (χ0v) is 4.40. The smallest absolute Gasteiger partial charge is 0.245 e. The molecule has 0 aromatic carbocycles. The first-order valence-corrected chi connectivity index (χ1v) is 2.01. The Morgan fingerprint density at radius 3 is 2.62 bits per heavy atom. The van der Waals surface area contributed by atoms with E-state index in [0.29, 0.717) is 5.17 Å². The molecular weight excluding hydrogens is 114 g/mol. The number of nitrogens with zero attached hydrogens (tertiary/aromatic N) is 2. The maximum atomic E-state index is 9.43. The normalized spacial score (nSPS) is 9.38. The van der Waals surface area contributed by atoms with Crippen molar-refractivity contribution in [3.05, 3.63) is 10.1 Å². The van der Waals surface area contributed by atoms with Crippen molar-refractivity contribution in [3.63, 3.8) is 0 Å². The van der Waals surface area contributed by atoms with Gasteiger partial charge in [-0.05, 0) is 6.92 Å². The number of rotatable bonds is 3. The summed E-state index contributed by atoms with van der Waals surface area (Å²) in [6.45, 7) is 1.91. The van der Waals surface area contributed by atoms with E-state index >= 15 is 0 Å². The molecule has 0 radical (unpaired) electrons. The Morgan fingerprint density at radius 1 is 2.00 bits per heavy atom. The Morgan fingerprint density at radius 2 is 2.50 bits per heavy atom. The molecule has 2 N–H and O–H groups in total. The highest BCUT2D eigenvalue weighted by atomic mass is 17.0. The third-order valence-corrected chi connectivity index (χ3v) is 0.483. The SMILES string of the molecule is CCN(N)O[N+](=O)[O-]. The first kappa shape index (κ1) is 7.12. The van der Waals surface area contributed by atoms with E-state index in [2.05, 4.69) is 4.94 Å². The van der Waals surface area contributed by atoms with Crippen LogP contribution < -0.4 is 5.84 Å². The van der Waals surface area contributed by atoms with Gasteiger partial charge in [0.2, 0.25) is 0 Å². The van der Waals surface area contributed by atoms with Crippen LogP contribution in [0.3, 0.4) is 0 Å². The molecule has 0 saturated heterocycles. The van der Waals surface area contributed by atoms with Crippen LogP contribution in [-0.2, 0) is 4.94 Å². The fourth-order valence-electron chi connectivity index (χ4n) is 0.143. The summed E-state index contributed by atoms with van der Waals surface area (Å²) in [5, 5.41) is 9.09. The molecule has 0 atom stereocenters. The van der Waals surface area contributed by atoms with Crippen molar-refractivity contribution in [2.24, 2.45) is 5.84 Å². The van der Waals surface area contributed by atoms with Crippen LogP contribution in [-0.4, -0.2) is 16.8 Å². The average Bonchev–Trinajstić information content (AvgIpc) is 1.65. The minimum Gasteiger partial charge on any atom is -0.245 e. The molecule has 0 aromatic heterocycles. The molecule has 0 spiro atoms. The molecule has 0 fully saturated rings. The van der Waals surface area contributed by atoms with Gasteiger partial charge in [0.15, 0.2) is 0 Å². The molecule has 0 heterocycles. The molecule has 0 aliphatic rings. The quantitative estimate of drug-likeness (QED) is 0.303. The molecular formula is C2H7N3O3. The van der Waals surface area contributed by atoms with Crippen molar-refractivity contribution in [2.45, 2.75) is 6.92 Å². The van der Waals surface area contributed by atoms with Gasteiger partial charge in [0, 0.05) is 6.54 Å². The molecule has 48 valence electrons. The lowest BCUT2D eigenvalue weighted by atomic mass is 10.8. The largest absolute Gasteiger partial charge is 0.313 e. The molecule has 0 bridgehead atoms. The van der Waals surface area contributed by atoms with Crippen molar-refractivity contribution in [2.75, 3.05) is 6.54 Å². The van der Waals surface area contributed by atoms with Gasteiger partial charge in [0.05, 0.1) is 0 Å². The first-order chi connectivity index (χ1) is 3.66. The maximum absolute atomic E-state index is 9.43. The predicted octanol–water partition coefficient (Wildman–Crippen LogP) is -0.695. The molecule has 0 rings (SSSR count). The van der Waals surface area contributed by atoms with Crippen molar-refractivity contribution in [1.82, 2.24) is 5.17 Å². The van der Waals surface area contributed by atoms with Crippen LogP contribution in [0.15, 0.2) is 0 Å². The maximum Gasteiger partial charge on any atom is 0.313 e. The van der Waals surface area contributed by atoms with Crippen LogP contribution in [0.4, 0.5) is 0 Å². The molecule has 6 nitrogen and oxygen atoms in total. The second-order valence-corrected chi connectivity index (χ2v) is 1.04. The lowest BCUT2D eigenvalue weighted by molar-refractivity contribution is -0.811. The summed E-state index contributed by atoms with van der Waals surface area (Å²) in [4.78, 5) is 13.2. The Labute approximate surface area is 45.8 Å². The monoisotopic (exact) mass is 121 g/mol. The van der Waals surface area contributed by atoms with Crippen molar-refractivity contribution < 1.29 is 10.0 Å². The third-order valence-electron chi connectivity index (χ3n) is 0.483. The lowest BCUT2D eigenvalue weighted by Crippen LogP contribution is -2.32. The van der Waals surface area contributed by atoms with Gasteiger partial charge in [-0.2, -0.15) is 0 Å². The van der Waals surface area contributed by atoms with Crippen LogP contribution in [0.5, 0.6) is 0 Å². The van der Waals surface area contributed by atoms with Gasteiger partial charge in [-0.25, -0.2) is 10.8 Å². The number of hydroxylamine groups is 1. The summed E-state index contributed by atoms with van der Waals surface area (Å²) in [6.07, 6.45) is 0. The number of hydrazine groups is 1. The van der Waals surface area contributed by atoms with Crippen LogP contribution in [0.1, 0.15) is 6.92 Å². The van der Waals surface area contributed by atoms with Crippen LogP contribution >= 0.6 is 0 Å². The second kappa shape index (κ2) is 3.16. The summed E-state index contributed by atoms with van der Waals surface area (Å²) in [6, 6.07) is 0. The van der Waals surface area contributed by atoms with E-state index in [1.807, 2.05) is 0 Å². The zero-order chi connectivity index (χ0) is 6.57. The Bertz CT molecular complexity index is 84.6. The molecule has 0 aliphatic carbocycles. The number of hydrogen-bond donors (Lipinski definition) is 1. The Balaban J connectivity index is 3.24. The van der Waals surface area contributed by atoms with E-state index in [-0.39, 0.29) is 6.54 Å². The summed E-state index contributed by atoms with van der Waals surface area (Å²) in [5.41, 5.74) is 0. The topological polar surface area (TPSA) is 81.6 Å². The minimum atomic E-state index is -0.969.